The Balaban J connectivity index is 1.23. The first-order chi connectivity index (χ1) is 18.2. The Kier molecular flexibility index (Phi) is 6.83. The van der Waals surface area contributed by atoms with E-state index in [1.807, 2.05) is 41.1 Å². The molecule has 1 atom stereocenters. The van der Waals surface area contributed by atoms with E-state index < -0.39 is 0 Å². The molecule has 2 aliphatic heterocycles. The lowest BCUT2D eigenvalue weighted by Crippen LogP contribution is -2.34. The Morgan fingerprint density at radius 3 is 2.68 bits per heavy atom. The number of aromatic nitrogens is 5. The Morgan fingerprint density at radius 2 is 1.86 bits per heavy atom. The second-order valence-corrected chi connectivity index (χ2v) is 9.57. The Labute approximate surface area is 214 Å². The number of hydrogen-bond acceptors (Lipinski definition) is 8. The van der Waals surface area contributed by atoms with Gasteiger partial charge in [0.2, 0.25) is 0 Å². The van der Waals surface area contributed by atoms with Crippen LogP contribution >= 0.6 is 0 Å². The number of aromatic amines is 1. The molecule has 10 nitrogen and oxygen atoms in total. The van der Waals surface area contributed by atoms with E-state index >= 15 is 0 Å². The summed E-state index contributed by atoms with van der Waals surface area (Å²) < 4.78 is 19.2. The number of benzene rings is 2. The first-order valence-corrected chi connectivity index (χ1v) is 12.8. The summed E-state index contributed by atoms with van der Waals surface area (Å²) in [7, 11) is 0. The molecule has 0 amide bonds. The molecule has 0 bridgehead atoms. The van der Waals surface area contributed by atoms with Crippen LogP contribution in [0.2, 0.25) is 0 Å². The molecular formula is C27H30N6O4. The van der Waals surface area contributed by atoms with Crippen molar-refractivity contribution in [1.29, 1.82) is 0 Å². The summed E-state index contributed by atoms with van der Waals surface area (Å²) in [4.78, 5) is 18.3. The van der Waals surface area contributed by atoms with Crippen molar-refractivity contribution in [1.82, 2.24) is 30.1 Å². The Bertz CT molecular complexity index is 1410. The predicted molar refractivity (Wildman–Crippen MR) is 137 cm³/mol. The third kappa shape index (κ3) is 5.50. The van der Waals surface area contributed by atoms with Gasteiger partial charge in [0.05, 0.1) is 18.2 Å². The van der Waals surface area contributed by atoms with Gasteiger partial charge in [0.1, 0.15) is 13.2 Å². The van der Waals surface area contributed by atoms with Crippen molar-refractivity contribution in [2.24, 2.45) is 0 Å². The third-order valence-electron chi connectivity index (χ3n) is 6.89. The van der Waals surface area contributed by atoms with Gasteiger partial charge in [-0.1, -0.05) is 30.3 Å². The second kappa shape index (κ2) is 10.7. The molecule has 37 heavy (non-hydrogen) atoms. The monoisotopic (exact) mass is 502 g/mol. The topological polar surface area (TPSA) is 107 Å². The average molecular weight is 503 g/mol. The van der Waals surface area contributed by atoms with Crippen LogP contribution in [0.1, 0.15) is 29.8 Å². The number of rotatable bonds is 9. The van der Waals surface area contributed by atoms with Crippen LogP contribution in [0.5, 0.6) is 11.5 Å². The first kappa shape index (κ1) is 23.6. The molecule has 2 aliphatic rings. The van der Waals surface area contributed by atoms with Crippen LogP contribution in [0.3, 0.4) is 0 Å². The number of pyridine rings is 1. The molecule has 0 unspecified atom stereocenters. The zero-order valence-corrected chi connectivity index (χ0v) is 20.6. The van der Waals surface area contributed by atoms with Gasteiger partial charge in [-0.05, 0) is 47.4 Å². The lowest BCUT2D eigenvalue weighted by molar-refractivity contribution is 0.0663. The van der Waals surface area contributed by atoms with Crippen molar-refractivity contribution < 1.29 is 14.2 Å². The predicted octanol–water partition coefficient (Wildman–Crippen LogP) is 2.71. The fourth-order valence-corrected chi connectivity index (χ4v) is 5.00. The Hall–Kier alpha value is -3.76. The summed E-state index contributed by atoms with van der Waals surface area (Å²) in [5.74, 6) is 2.13. The van der Waals surface area contributed by atoms with Crippen molar-refractivity contribution in [2.45, 2.75) is 45.0 Å². The maximum atomic E-state index is 13.1. The molecule has 0 spiro atoms. The molecular weight excluding hydrogens is 472 g/mol. The minimum absolute atomic E-state index is 0.120. The molecule has 2 aromatic carbocycles. The van der Waals surface area contributed by atoms with Gasteiger partial charge in [-0.3, -0.25) is 9.69 Å². The van der Waals surface area contributed by atoms with Crippen molar-refractivity contribution in [3.63, 3.8) is 0 Å². The van der Waals surface area contributed by atoms with E-state index in [0.29, 0.717) is 56.5 Å². The number of nitrogens with one attached hydrogen (secondary N) is 1. The third-order valence-corrected chi connectivity index (χ3v) is 6.89. The number of nitrogens with zero attached hydrogens (tertiary/aromatic N) is 5. The molecule has 0 aliphatic carbocycles. The van der Waals surface area contributed by atoms with Gasteiger partial charge in [-0.2, -0.15) is 0 Å². The van der Waals surface area contributed by atoms with Gasteiger partial charge in [-0.25, -0.2) is 4.68 Å². The van der Waals surface area contributed by atoms with Crippen LogP contribution in [0, 0.1) is 0 Å². The number of H-pyrrole nitrogens is 1. The zero-order valence-electron chi connectivity index (χ0n) is 20.6. The van der Waals surface area contributed by atoms with E-state index in [0.717, 1.165) is 42.6 Å². The van der Waals surface area contributed by atoms with Crippen molar-refractivity contribution >= 4 is 10.9 Å². The van der Waals surface area contributed by atoms with E-state index in [-0.39, 0.29) is 11.7 Å². The highest BCUT2D eigenvalue weighted by Crippen LogP contribution is 2.33. The summed E-state index contributed by atoms with van der Waals surface area (Å²) in [6.45, 7) is 4.14. The van der Waals surface area contributed by atoms with Crippen LogP contribution in [-0.2, 0) is 30.8 Å². The molecule has 2 aromatic heterocycles. The van der Waals surface area contributed by atoms with Crippen molar-refractivity contribution in [2.75, 3.05) is 26.4 Å². The summed E-state index contributed by atoms with van der Waals surface area (Å²) >= 11 is 0. The molecule has 192 valence electrons. The van der Waals surface area contributed by atoms with Crippen LogP contribution in [0.25, 0.3) is 10.9 Å². The summed E-state index contributed by atoms with van der Waals surface area (Å²) in [5, 5.41) is 13.4. The largest absolute Gasteiger partial charge is 0.486 e. The molecule has 0 saturated carbocycles. The minimum atomic E-state index is -0.120. The van der Waals surface area contributed by atoms with Crippen LogP contribution in [-0.4, -0.2) is 62.6 Å². The average Bonchev–Trinajstić information content (AvgIpc) is 3.59. The van der Waals surface area contributed by atoms with Crippen LogP contribution < -0.4 is 15.0 Å². The lowest BCUT2D eigenvalue weighted by atomic mass is 10.1. The number of aryl methyl sites for hydroxylation is 2. The van der Waals surface area contributed by atoms with Crippen molar-refractivity contribution in [3.05, 3.63) is 75.8 Å². The van der Waals surface area contributed by atoms with Crippen LogP contribution in [0.15, 0.2) is 53.3 Å². The quantitative estimate of drug-likeness (QED) is 0.372. The van der Waals surface area contributed by atoms with Gasteiger partial charge in [0.25, 0.3) is 5.56 Å². The van der Waals surface area contributed by atoms with E-state index in [2.05, 4.69) is 37.5 Å². The van der Waals surface area contributed by atoms with Gasteiger partial charge >= 0.3 is 0 Å². The standard InChI is InChI=1S/C27H30N6O4/c34-27-21(13-20-14-24-25(15-23(20)28-27)37-12-11-36-24)16-32(17-22-7-4-10-35-22)18-26-29-30-31-33(26)9-8-19-5-2-1-3-6-19/h1-3,5-6,13-15,22H,4,7-12,16-18H2,(H,28,34)/t22-/m0/s1. The Morgan fingerprint density at radius 1 is 1.03 bits per heavy atom. The van der Waals surface area contributed by atoms with Crippen molar-refractivity contribution in [3.8, 4) is 11.5 Å². The molecule has 6 rings (SSSR count). The molecule has 4 heterocycles. The highest BCUT2D eigenvalue weighted by atomic mass is 16.6. The summed E-state index contributed by atoms with van der Waals surface area (Å²) in [6.07, 6.45) is 3.03. The first-order valence-electron chi connectivity index (χ1n) is 12.8. The second-order valence-electron chi connectivity index (χ2n) is 9.57. The maximum absolute atomic E-state index is 13.1. The van der Waals surface area contributed by atoms with E-state index in [1.165, 1.54) is 5.56 Å². The molecule has 4 aromatic rings. The van der Waals surface area contributed by atoms with Gasteiger partial charge < -0.3 is 19.2 Å². The highest BCUT2D eigenvalue weighted by molar-refractivity contribution is 5.83. The highest BCUT2D eigenvalue weighted by Gasteiger charge is 2.23. The van der Waals surface area contributed by atoms with E-state index in [1.54, 1.807) is 0 Å². The lowest BCUT2D eigenvalue weighted by Gasteiger charge is -2.25. The van der Waals surface area contributed by atoms with E-state index in [9.17, 15) is 4.79 Å². The molecule has 0 radical (unpaired) electrons. The summed E-state index contributed by atoms with van der Waals surface area (Å²) in [5.41, 5.74) is 2.52. The van der Waals surface area contributed by atoms with Crippen LogP contribution in [0.4, 0.5) is 0 Å². The fourth-order valence-electron chi connectivity index (χ4n) is 5.00. The van der Waals surface area contributed by atoms with Gasteiger partial charge in [0.15, 0.2) is 17.3 Å². The number of fused-ring (bicyclic) bond motifs is 2. The fraction of sp³-hybridized carbons (Fsp3) is 0.407. The summed E-state index contributed by atoms with van der Waals surface area (Å²) in [6, 6.07) is 16.0. The number of tetrazole rings is 1. The molecule has 1 N–H and O–H groups in total. The SMILES string of the molecule is O=c1[nH]c2cc3c(cc2cc1CN(Cc1nnnn1CCc1ccccc1)C[C@@H]1CCCO1)OCCO3. The maximum Gasteiger partial charge on any atom is 0.252 e. The van der Waals surface area contributed by atoms with Gasteiger partial charge in [0, 0.05) is 43.3 Å². The van der Waals surface area contributed by atoms with E-state index in [4.69, 9.17) is 14.2 Å². The molecule has 10 heteroatoms. The van der Waals surface area contributed by atoms with Gasteiger partial charge in [-0.15, -0.1) is 5.10 Å². The zero-order chi connectivity index (χ0) is 25.0. The molecule has 1 fully saturated rings. The normalized spacial score (nSPS) is 17.1. The number of ether oxygens (including phenoxy) is 3. The minimum Gasteiger partial charge on any atom is -0.486 e. The molecule has 1 saturated heterocycles. The number of hydrogen-bond donors (Lipinski definition) is 1. The smallest absolute Gasteiger partial charge is 0.252 e.